The SMILES string of the molecule is CSNc1cc(Br)cc(NC(=O)c2cnn(-c3cc(C#N)ccn3)c2)c1. The summed E-state index contributed by atoms with van der Waals surface area (Å²) < 4.78 is 5.43. The van der Waals surface area contributed by atoms with Crippen LogP contribution in [0.4, 0.5) is 11.4 Å². The summed E-state index contributed by atoms with van der Waals surface area (Å²) in [6, 6.07) is 10.8. The predicted octanol–water partition coefficient (Wildman–Crippen LogP) is 3.84. The lowest BCUT2D eigenvalue weighted by molar-refractivity contribution is 0.102. The topological polar surface area (TPSA) is 95.6 Å². The van der Waals surface area contributed by atoms with E-state index in [0.29, 0.717) is 22.6 Å². The minimum atomic E-state index is -0.291. The van der Waals surface area contributed by atoms with E-state index in [-0.39, 0.29) is 5.91 Å². The van der Waals surface area contributed by atoms with Crippen molar-refractivity contribution in [1.29, 1.82) is 5.26 Å². The van der Waals surface area contributed by atoms with Crippen molar-refractivity contribution in [1.82, 2.24) is 14.8 Å². The predicted molar refractivity (Wildman–Crippen MR) is 105 cm³/mol. The molecule has 9 heteroatoms. The van der Waals surface area contributed by atoms with Gasteiger partial charge in [0.2, 0.25) is 0 Å². The molecular formula is C17H13BrN6OS. The molecule has 0 atom stereocenters. The van der Waals surface area contributed by atoms with E-state index in [0.717, 1.165) is 10.2 Å². The summed E-state index contributed by atoms with van der Waals surface area (Å²) in [6.07, 6.45) is 6.47. The van der Waals surface area contributed by atoms with Gasteiger partial charge in [0.15, 0.2) is 5.82 Å². The zero-order valence-corrected chi connectivity index (χ0v) is 16.0. The number of rotatable bonds is 5. The number of hydrogen-bond donors (Lipinski definition) is 2. The number of nitriles is 1. The van der Waals surface area contributed by atoms with E-state index in [9.17, 15) is 4.79 Å². The van der Waals surface area contributed by atoms with Crippen LogP contribution in [0.25, 0.3) is 5.82 Å². The smallest absolute Gasteiger partial charge is 0.258 e. The van der Waals surface area contributed by atoms with Crippen molar-refractivity contribution in [2.45, 2.75) is 0 Å². The molecule has 3 rings (SSSR count). The molecule has 1 aromatic carbocycles. The molecule has 0 radical (unpaired) electrons. The summed E-state index contributed by atoms with van der Waals surface area (Å²) in [7, 11) is 0. The molecule has 0 bridgehead atoms. The molecule has 0 unspecified atom stereocenters. The highest BCUT2D eigenvalue weighted by Crippen LogP contribution is 2.25. The standard InChI is InChI=1S/C17H13BrN6OS/c1-26-23-15-6-13(18)5-14(7-15)22-17(25)12-9-21-24(10-12)16-4-11(8-19)2-3-20-16/h2-7,9-10,23H,1H3,(H,22,25). The van der Waals surface area contributed by atoms with Gasteiger partial charge in [-0.2, -0.15) is 10.4 Å². The summed E-state index contributed by atoms with van der Waals surface area (Å²) in [5.74, 6) is 0.179. The first-order valence-electron chi connectivity index (χ1n) is 7.41. The molecule has 0 saturated heterocycles. The van der Waals surface area contributed by atoms with E-state index in [1.807, 2.05) is 30.5 Å². The Morgan fingerprint density at radius 2 is 2.12 bits per heavy atom. The largest absolute Gasteiger partial charge is 0.330 e. The maximum Gasteiger partial charge on any atom is 0.258 e. The number of aromatic nitrogens is 3. The van der Waals surface area contributed by atoms with Gasteiger partial charge in [-0.25, -0.2) is 9.67 Å². The van der Waals surface area contributed by atoms with Crippen LogP contribution in [0.5, 0.6) is 0 Å². The van der Waals surface area contributed by atoms with Crippen molar-refractivity contribution in [3.63, 3.8) is 0 Å². The molecule has 0 fully saturated rings. The second-order valence-corrected chi connectivity index (χ2v) is 6.71. The maximum atomic E-state index is 12.5. The number of carbonyl (C=O) groups is 1. The molecule has 0 spiro atoms. The first-order valence-corrected chi connectivity index (χ1v) is 9.43. The minimum Gasteiger partial charge on any atom is -0.330 e. The number of pyridine rings is 1. The van der Waals surface area contributed by atoms with Crippen molar-refractivity contribution in [2.24, 2.45) is 0 Å². The number of nitrogens with zero attached hydrogens (tertiary/aromatic N) is 4. The molecule has 0 aliphatic carbocycles. The Kier molecular flexibility index (Phi) is 5.55. The average Bonchev–Trinajstić information content (AvgIpc) is 3.12. The molecule has 26 heavy (non-hydrogen) atoms. The number of benzene rings is 1. The Labute approximate surface area is 162 Å². The molecule has 2 heterocycles. The number of halogens is 1. The van der Waals surface area contributed by atoms with Crippen molar-refractivity contribution in [2.75, 3.05) is 16.3 Å². The molecule has 2 aromatic heterocycles. The van der Waals surface area contributed by atoms with Gasteiger partial charge in [-0.05, 0) is 24.3 Å². The molecule has 3 aromatic rings. The highest BCUT2D eigenvalue weighted by Gasteiger charge is 2.11. The summed E-state index contributed by atoms with van der Waals surface area (Å²) in [5, 5.41) is 16.0. The lowest BCUT2D eigenvalue weighted by atomic mass is 10.2. The fourth-order valence-electron chi connectivity index (χ4n) is 2.22. The van der Waals surface area contributed by atoms with Gasteiger partial charge in [-0.15, -0.1) is 0 Å². The third-order valence-corrected chi connectivity index (χ3v) is 4.23. The van der Waals surface area contributed by atoms with E-state index >= 15 is 0 Å². The van der Waals surface area contributed by atoms with Gasteiger partial charge in [-0.3, -0.25) is 4.79 Å². The van der Waals surface area contributed by atoms with E-state index in [1.165, 1.54) is 29.0 Å². The van der Waals surface area contributed by atoms with Crippen LogP contribution < -0.4 is 10.0 Å². The van der Waals surface area contributed by atoms with Crippen LogP contribution in [0, 0.1) is 11.3 Å². The number of hydrogen-bond acceptors (Lipinski definition) is 6. The Hall–Kier alpha value is -2.83. The molecule has 7 nitrogen and oxygen atoms in total. The summed E-state index contributed by atoms with van der Waals surface area (Å²) >= 11 is 4.89. The molecule has 2 N–H and O–H groups in total. The van der Waals surface area contributed by atoms with Gasteiger partial charge in [0, 0.05) is 40.6 Å². The first kappa shape index (κ1) is 18.0. The third-order valence-electron chi connectivity index (χ3n) is 3.33. The van der Waals surface area contributed by atoms with E-state index < -0.39 is 0 Å². The number of nitrogens with one attached hydrogen (secondary N) is 2. The van der Waals surface area contributed by atoms with Crippen LogP contribution >= 0.6 is 27.9 Å². The van der Waals surface area contributed by atoms with Gasteiger partial charge >= 0.3 is 0 Å². The summed E-state index contributed by atoms with van der Waals surface area (Å²) in [4.78, 5) is 16.6. The fourth-order valence-corrected chi connectivity index (χ4v) is 3.07. The lowest BCUT2D eigenvalue weighted by Gasteiger charge is -2.08. The van der Waals surface area contributed by atoms with Crippen molar-refractivity contribution in [3.05, 3.63) is 64.5 Å². The molecule has 0 saturated carbocycles. The molecular weight excluding hydrogens is 416 g/mol. The molecule has 0 aliphatic rings. The van der Waals surface area contributed by atoms with E-state index in [2.05, 4.69) is 36.1 Å². The quantitative estimate of drug-likeness (QED) is 0.599. The maximum absolute atomic E-state index is 12.5. The summed E-state index contributed by atoms with van der Waals surface area (Å²) in [5.41, 5.74) is 2.38. The Morgan fingerprint density at radius 1 is 1.31 bits per heavy atom. The number of amides is 1. The fraction of sp³-hybridized carbons (Fsp3) is 0.0588. The van der Waals surface area contributed by atoms with Gasteiger partial charge in [0.05, 0.1) is 23.4 Å². The van der Waals surface area contributed by atoms with Crippen LogP contribution in [-0.2, 0) is 0 Å². The van der Waals surface area contributed by atoms with E-state index in [1.54, 1.807) is 18.3 Å². The lowest BCUT2D eigenvalue weighted by Crippen LogP contribution is -2.11. The van der Waals surface area contributed by atoms with Gasteiger partial charge in [0.25, 0.3) is 5.91 Å². The first-order chi connectivity index (χ1) is 12.6. The highest BCUT2D eigenvalue weighted by molar-refractivity contribution is 9.10. The second kappa shape index (κ2) is 8.03. The second-order valence-electron chi connectivity index (χ2n) is 5.18. The van der Waals surface area contributed by atoms with Crippen LogP contribution in [0.2, 0.25) is 0 Å². The molecule has 130 valence electrons. The van der Waals surface area contributed by atoms with E-state index in [4.69, 9.17) is 5.26 Å². The van der Waals surface area contributed by atoms with Crippen molar-refractivity contribution < 1.29 is 4.79 Å². The molecule has 0 aliphatic heterocycles. The highest BCUT2D eigenvalue weighted by atomic mass is 79.9. The van der Waals surface area contributed by atoms with Crippen LogP contribution in [0.15, 0.2) is 53.4 Å². The van der Waals surface area contributed by atoms with Gasteiger partial charge in [-0.1, -0.05) is 27.9 Å². The number of anilines is 2. The number of carbonyl (C=O) groups excluding carboxylic acids is 1. The van der Waals surface area contributed by atoms with Gasteiger partial charge in [0.1, 0.15) is 0 Å². The van der Waals surface area contributed by atoms with Crippen LogP contribution in [-0.4, -0.2) is 26.9 Å². The normalized spacial score (nSPS) is 10.2. The van der Waals surface area contributed by atoms with Crippen LogP contribution in [0.1, 0.15) is 15.9 Å². The van der Waals surface area contributed by atoms with Gasteiger partial charge < -0.3 is 10.0 Å². The Bertz CT molecular complexity index is 997. The van der Waals surface area contributed by atoms with Crippen molar-refractivity contribution >= 4 is 45.2 Å². The Balaban J connectivity index is 1.79. The summed E-state index contributed by atoms with van der Waals surface area (Å²) in [6.45, 7) is 0. The zero-order chi connectivity index (χ0) is 18.5. The van der Waals surface area contributed by atoms with Crippen LogP contribution in [0.3, 0.4) is 0 Å². The zero-order valence-electron chi connectivity index (χ0n) is 13.6. The minimum absolute atomic E-state index is 0.291. The Morgan fingerprint density at radius 3 is 2.88 bits per heavy atom. The van der Waals surface area contributed by atoms with Crippen molar-refractivity contribution in [3.8, 4) is 11.9 Å². The average molecular weight is 429 g/mol. The third kappa shape index (κ3) is 4.22. The molecule has 1 amide bonds. The monoisotopic (exact) mass is 428 g/mol.